The zero-order valence-electron chi connectivity index (χ0n) is 30.3. The summed E-state index contributed by atoms with van der Waals surface area (Å²) in [4.78, 5) is 22.4. The molecule has 0 fully saturated rings. The number of ether oxygens (including phenoxy) is 2. The third-order valence-electron chi connectivity index (χ3n) is 7.78. The van der Waals surface area contributed by atoms with Crippen molar-refractivity contribution in [2.75, 3.05) is 33.0 Å². The topological polar surface area (TPSA) is 117 Å². The summed E-state index contributed by atoms with van der Waals surface area (Å²) in [5.41, 5.74) is 5.35. The maximum atomic E-state index is 12.5. The lowest BCUT2D eigenvalue weighted by atomic mass is 10.1. The number of allylic oxidation sites excluding steroid dienone is 6. The number of phosphoric ester groups is 1. The van der Waals surface area contributed by atoms with Crippen molar-refractivity contribution >= 4 is 13.8 Å². The molecule has 0 aromatic heterocycles. The van der Waals surface area contributed by atoms with E-state index in [0.29, 0.717) is 13.0 Å². The summed E-state index contributed by atoms with van der Waals surface area (Å²) in [6.07, 6.45) is 38.6. The van der Waals surface area contributed by atoms with E-state index in [1.807, 2.05) is 0 Å². The van der Waals surface area contributed by atoms with E-state index in [2.05, 4.69) is 50.3 Å². The van der Waals surface area contributed by atoms with Gasteiger partial charge in [-0.25, -0.2) is 4.57 Å². The average molecular weight is 686 g/mol. The fraction of sp³-hybridized carbons (Fsp3) is 0.816. The molecule has 2 unspecified atom stereocenters. The van der Waals surface area contributed by atoms with Crippen molar-refractivity contribution in [3.8, 4) is 0 Å². The van der Waals surface area contributed by atoms with E-state index in [-0.39, 0.29) is 32.3 Å². The number of rotatable bonds is 36. The van der Waals surface area contributed by atoms with E-state index in [0.717, 1.165) is 64.2 Å². The maximum absolute atomic E-state index is 12.5. The number of carbonyl (C=O) groups excluding carboxylic acids is 1. The zero-order valence-corrected chi connectivity index (χ0v) is 31.2. The second-order valence-corrected chi connectivity index (χ2v) is 13.9. The molecule has 0 aromatic rings. The molecular formula is C38H72NO7P. The van der Waals surface area contributed by atoms with Crippen LogP contribution in [0.15, 0.2) is 36.5 Å². The number of unbranched alkanes of at least 4 members (excludes halogenated alkanes) is 17. The second kappa shape index (κ2) is 36.0. The van der Waals surface area contributed by atoms with Gasteiger partial charge in [0.25, 0.3) is 0 Å². The molecule has 0 bridgehead atoms. The molecule has 276 valence electrons. The summed E-state index contributed by atoms with van der Waals surface area (Å²) < 4.78 is 33.3. The van der Waals surface area contributed by atoms with E-state index in [1.165, 1.54) is 77.0 Å². The van der Waals surface area contributed by atoms with Crippen molar-refractivity contribution in [1.29, 1.82) is 0 Å². The van der Waals surface area contributed by atoms with Gasteiger partial charge >= 0.3 is 13.8 Å². The van der Waals surface area contributed by atoms with Crippen LogP contribution >= 0.6 is 7.82 Å². The van der Waals surface area contributed by atoms with E-state index >= 15 is 0 Å². The Hall–Kier alpha value is -1.28. The number of hydrogen-bond donors (Lipinski definition) is 2. The molecule has 0 aliphatic heterocycles. The molecule has 0 saturated heterocycles. The quantitative estimate of drug-likeness (QED) is 0.0290. The molecule has 47 heavy (non-hydrogen) atoms. The van der Waals surface area contributed by atoms with Crippen molar-refractivity contribution in [2.24, 2.45) is 5.73 Å². The molecule has 9 heteroatoms. The third kappa shape index (κ3) is 35.8. The lowest BCUT2D eigenvalue weighted by molar-refractivity contribution is -0.154. The van der Waals surface area contributed by atoms with Crippen molar-refractivity contribution in [2.45, 2.75) is 168 Å². The Morgan fingerprint density at radius 1 is 0.638 bits per heavy atom. The van der Waals surface area contributed by atoms with Crippen molar-refractivity contribution < 1.29 is 32.8 Å². The highest BCUT2D eigenvalue weighted by Crippen LogP contribution is 2.43. The number of carbonyl (C=O) groups is 1. The molecule has 0 aliphatic rings. The third-order valence-corrected chi connectivity index (χ3v) is 8.76. The van der Waals surface area contributed by atoms with Crippen LogP contribution in [0.1, 0.15) is 162 Å². The van der Waals surface area contributed by atoms with Crippen LogP contribution in [0.4, 0.5) is 0 Å². The van der Waals surface area contributed by atoms with Crippen LogP contribution in [-0.4, -0.2) is 49.9 Å². The summed E-state index contributed by atoms with van der Waals surface area (Å²) >= 11 is 0. The highest BCUT2D eigenvalue weighted by molar-refractivity contribution is 7.47. The van der Waals surface area contributed by atoms with Gasteiger partial charge in [0.1, 0.15) is 6.10 Å². The van der Waals surface area contributed by atoms with Crippen LogP contribution < -0.4 is 5.73 Å². The van der Waals surface area contributed by atoms with E-state index in [1.54, 1.807) is 0 Å². The van der Waals surface area contributed by atoms with Crippen LogP contribution in [0.5, 0.6) is 0 Å². The smallest absolute Gasteiger partial charge is 0.457 e. The van der Waals surface area contributed by atoms with Crippen LogP contribution in [-0.2, 0) is 27.9 Å². The minimum atomic E-state index is -4.27. The van der Waals surface area contributed by atoms with Crippen LogP contribution in [0.2, 0.25) is 0 Å². The van der Waals surface area contributed by atoms with Gasteiger partial charge in [-0.15, -0.1) is 0 Å². The zero-order chi connectivity index (χ0) is 34.5. The van der Waals surface area contributed by atoms with Crippen LogP contribution in [0.25, 0.3) is 0 Å². The molecule has 0 rings (SSSR count). The van der Waals surface area contributed by atoms with Gasteiger partial charge in [0.15, 0.2) is 0 Å². The molecule has 2 atom stereocenters. The van der Waals surface area contributed by atoms with Gasteiger partial charge in [-0.05, 0) is 64.2 Å². The molecule has 0 radical (unpaired) electrons. The summed E-state index contributed by atoms with van der Waals surface area (Å²) in [6.45, 7) is 4.82. The molecule has 0 aliphatic carbocycles. The van der Waals surface area contributed by atoms with Gasteiger partial charge in [-0.2, -0.15) is 0 Å². The molecule has 0 heterocycles. The highest BCUT2D eigenvalue weighted by Gasteiger charge is 2.25. The first kappa shape index (κ1) is 45.7. The Bertz CT molecular complexity index is 818. The molecule has 0 spiro atoms. The lowest BCUT2D eigenvalue weighted by Gasteiger charge is -2.20. The molecule has 0 saturated carbocycles. The molecule has 0 amide bonds. The number of esters is 1. The fourth-order valence-electron chi connectivity index (χ4n) is 4.95. The molecule has 0 aromatic carbocycles. The van der Waals surface area contributed by atoms with Gasteiger partial charge in [0.2, 0.25) is 0 Å². The summed E-state index contributed by atoms with van der Waals surface area (Å²) in [6, 6.07) is 0. The summed E-state index contributed by atoms with van der Waals surface area (Å²) in [7, 11) is -4.27. The van der Waals surface area contributed by atoms with E-state index in [9.17, 15) is 14.3 Å². The fourth-order valence-corrected chi connectivity index (χ4v) is 5.71. The molecule has 3 N–H and O–H groups in total. The summed E-state index contributed by atoms with van der Waals surface area (Å²) in [5, 5.41) is 0. The SMILES string of the molecule is CCCC/C=C\C/C=C\CCCCCCCCOCC(COP(=O)(O)OCCN)OC(=O)CCCCCCC/C=C\CCCCCC. The Labute approximate surface area is 288 Å². The number of hydrogen-bond acceptors (Lipinski definition) is 7. The van der Waals surface area contributed by atoms with Gasteiger partial charge in [-0.1, -0.05) is 127 Å². The Morgan fingerprint density at radius 3 is 1.74 bits per heavy atom. The second-order valence-electron chi connectivity index (χ2n) is 12.4. The molecular weight excluding hydrogens is 613 g/mol. The normalized spacial score (nSPS) is 14.0. The average Bonchev–Trinajstić information content (AvgIpc) is 3.06. The van der Waals surface area contributed by atoms with Crippen molar-refractivity contribution in [3.63, 3.8) is 0 Å². The minimum absolute atomic E-state index is 0.0966. The summed E-state index contributed by atoms with van der Waals surface area (Å²) in [5.74, 6) is -0.345. The first-order valence-electron chi connectivity index (χ1n) is 19.0. The highest BCUT2D eigenvalue weighted by atomic mass is 31.2. The van der Waals surface area contributed by atoms with Gasteiger partial charge in [0, 0.05) is 19.6 Å². The monoisotopic (exact) mass is 686 g/mol. The van der Waals surface area contributed by atoms with Gasteiger partial charge < -0.3 is 20.1 Å². The lowest BCUT2D eigenvalue weighted by Crippen LogP contribution is -2.28. The largest absolute Gasteiger partial charge is 0.472 e. The van der Waals surface area contributed by atoms with Crippen LogP contribution in [0, 0.1) is 0 Å². The van der Waals surface area contributed by atoms with Crippen LogP contribution in [0.3, 0.4) is 0 Å². The van der Waals surface area contributed by atoms with E-state index in [4.69, 9.17) is 24.3 Å². The van der Waals surface area contributed by atoms with Crippen molar-refractivity contribution in [1.82, 2.24) is 0 Å². The first-order chi connectivity index (χ1) is 22.9. The minimum Gasteiger partial charge on any atom is -0.457 e. The maximum Gasteiger partial charge on any atom is 0.472 e. The first-order valence-corrected chi connectivity index (χ1v) is 20.5. The predicted octanol–water partition coefficient (Wildman–Crippen LogP) is 10.7. The molecule has 8 nitrogen and oxygen atoms in total. The Balaban J connectivity index is 4.13. The van der Waals surface area contributed by atoms with E-state index < -0.39 is 13.9 Å². The Morgan fingerprint density at radius 2 is 1.15 bits per heavy atom. The predicted molar refractivity (Wildman–Crippen MR) is 196 cm³/mol. The Kier molecular flexibility index (Phi) is 35.0. The number of nitrogens with two attached hydrogens (primary N) is 1. The van der Waals surface area contributed by atoms with Gasteiger partial charge in [0.05, 0.1) is 19.8 Å². The van der Waals surface area contributed by atoms with Crippen molar-refractivity contribution in [3.05, 3.63) is 36.5 Å². The standard InChI is InChI=1S/C38H72NO7P/c1-3-5-7-9-11-13-15-17-18-20-22-24-26-28-30-33-43-35-37(36-45-47(41,42)44-34-32-39)46-38(40)31-29-27-25-23-21-19-16-14-12-10-8-6-4-2/h9,11,14-17,37H,3-8,10,12-13,18-36,39H2,1-2H3,(H,41,42)/b11-9-,16-14-,17-15-. The number of phosphoric acid groups is 1. The van der Waals surface area contributed by atoms with Gasteiger partial charge in [-0.3, -0.25) is 13.8 Å².